The number of hydrogen-bond acceptors (Lipinski definition) is 3. The third kappa shape index (κ3) is 2.39. The first-order chi connectivity index (χ1) is 9.27. The van der Waals surface area contributed by atoms with Gasteiger partial charge in [-0.25, -0.2) is 9.18 Å². The maximum atomic E-state index is 13.7. The molecule has 1 aromatic carbocycles. The zero-order chi connectivity index (χ0) is 15.1. The van der Waals surface area contributed by atoms with Gasteiger partial charge in [-0.15, -0.1) is 0 Å². The average molecular weight is 279 g/mol. The van der Waals surface area contributed by atoms with Crippen LogP contribution in [0.4, 0.5) is 10.1 Å². The van der Waals surface area contributed by atoms with Crippen LogP contribution in [0, 0.1) is 5.82 Å². The first-order valence-electron chi connectivity index (χ1n) is 6.94. The number of carbonyl (C=O) groups excluding carboxylic acids is 1. The van der Waals surface area contributed by atoms with Crippen molar-refractivity contribution in [1.82, 2.24) is 0 Å². The number of fused-ring (bicyclic) bond motifs is 1. The minimum Gasteiger partial charge on any atom is -0.467 e. The normalized spacial score (nSPS) is 22.1. The summed E-state index contributed by atoms with van der Waals surface area (Å²) < 4.78 is 18.5. The van der Waals surface area contributed by atoms with Crippen LogP contribution in [0.3, 0.4) is 0 Å². The number of ether oxygens (including phenoxy) is 1. The van der Waals surface area contributed by atoms with E-state index in [2.05, 4.69) is 20.8 Å². The molecule has 2 atom stereocenters. The van der Waals surface area contributed by atoms with Gasteiger partial charge in [-0.05, 0) is 50.8 Å². The molecule has 1 aliphatic heterocycles. The second-order valence-electron chi connectivity index (χ2n) is 6.19. The van der Waals surface area contributed by atoms with Crippen molar-refractivity contribution >= 4 is 11.7 Å². The van der Waals surface area contributed by atoms with Gasteiger partial charge in [-0.1, -0.05) is 13.0 Å². The number of halogens is 1. The Bertz CT molecular complexity index is 527. The lowest BCUT2D eigenvalue weighted by Gasteiger charge is -2.49. The highest BCUT2D eigenvalue weighted by atomic mass is 19.1. The summed E-state index contributed by atoms with van der Waals surface area (Å²) in [6.45, 7) is 8.10. The Balaban J connectivity index is 2.56. The largest absolute Gasteiger partial charge is 0.467 e. The fourth-order valence-corrected chi connectivity index (χ4v) is 3.43. The summed E-state index contributed by atoms with van der Waals surface area (Å²) in [5.74, 6) is -0.250. The molecule has 0 aliphatic carbocycles. The topological polar surface area (TPSA) is 29.5 Å². The van der Waals surface area contributed by atoms with Crippen molar-refractivity contribution < 1.29 is 13.9 Å². The minimum absolute atomic E-state index is 0.228. The monoisotopic (exact) mass is 279 g/mol. The average Bonchev–Trinajstić information content (AvgIpc) is 2.35. The second kappa shape index (κ2) is 5.08. The smallest absolute Gasteiger partial charge is 0.328 e. The van der Waals surface area contributed by atoms with E-state index >= 15 is 0 Å². The molecule has 110 valence electrons. The quantitative estimate of drug-likeness (QED) is 0.776. The molecule has 20 heavy (non-hydrogen) atoms. The Morgan fingerprint density at radius 2 is 2.15 bits per heavy atom. The highest BCUT2D eigenvalue weighted by Gasteiger charge is 2.41. The number of esters is 1. The number of hydrogen-bond donors (Lipinski definition) is 0. The molecule has 0 amide bonds. The molecule has 0 radical (unpaired) electrons. The number of carbonyl (C=O) groups is 1. The summed E-state index contributed by atoms with van der Waals surface area (Å²) in [5, 5.41) is 0. The molecule has 0 N–H and O–H groups in total. The molecule has 1 aliphatic rings. The third-order valence-electron chi connectivity index (χ3n) is 4.17. The van der Waals surface area contributed by atoms with Crippen LogP contribution in [0.15, 0.2) is 18.2 Å². The van der Waals surface area contributed by atoms with Crippen LogP contribution in [0.25, 0.3) is 0 Å². The van der Waals surface area contributed by atoms with Crippen molar-refractivity contribution in [3.8, 4) is 0 Å². The molecule has 1 aromatic rings. The number of nitrogens with zero attached hydrogens (tertiary/aromatic N) is 1. The summed E-state index contributed by atoms with van der Waals surface area (Å²) in [7, 11) is 1.38. The number of methoxy groups -OCH3 is 1. The molecule has 3 nitrogen and oxygen atoms in total. The highest BCUT2D eigenvalue weighted by Crippen LogP contribution is 2.44. The van der Waals surface area contributed by atoms with Gasteiger partial charge in [0.15, 0.2) is 0 Å². The first-order valence-corrected chi connectivity index (χ1v) is 6.94. The Hall–Kier alpha value is -1.58. The molecule has 0 unspecified atom stereocenters. The van der Waals surface area contributed by atoms with E-state index in [4.69, 9.17) is 4.74 Å². The van der Waals surface area contributed by atoms with Crippen LogP contribution in [0.2, 0.25) is 0 Å². The molecule has 0 saturated carbocycles. The van der Waals surface area contributed by atoms with Crippen molar-refractivity contribution in [3.63, 3.8) is 0 Å². The van der Waals surface area contributed by atoms with Gasteiger partial charge in [0.1, 0.15) is 11.9 Å². The third-order valence-corrected chi connectivity index (χ3v) is 4.17. The maximum absolute atomic E-state index is 13.7. The molecular weight excluding hydrogens is 257 g/mol. The van der Waals surface area contributed by atoms with Gasteiger partial charge in [-0.3, -0.25) is 0 Å². The van der Waals surface area contributed by atoms with Gasteiger partial charge in [0.25, 0.3) is 0 Å². The van der Waals surface area contributed by atoms with Crippen LogP contribution in [-0.2, 0) is 9.53 Å². The molecule has 0 fully saturated rings. The van der Waals surface area contributed by atoms with Crippen LogP contribution < -0.4 is 4.90 Å². The molecule has 0 spiro atoms. The maximum Gasteiger partial charge on any atom is 0.328 e. The van der Waals surface area contributed by atoms with E-state index < -0.39 is 6.04 Å². The lowest BCUT2D eigenvalue weighted by atomic mass is 9.79. The van der Waals surface area contributed by atoms with Crippen LogP contribution in [0.1, 0.15) is 45.6 Å². The summed E-state index contributed by atoms with van der Waals surface area (Å²) in [6, 6.07) is 4.38. The first kappa shape index (κ1) is 14.8. The molecule has 0 saturated heterocycles. The zero-order valence-corrected chi connectivity index (χ0v) is 12.7. The van der Waals surface area contributed by atoms with Crippen LogP contribution >= 0.6 is 0 Å². The minimum atomic E-state index is -0.442. The number of rotatable bonds is 2. The standard InChI is InChI=1S/C16H22FNO2/c1-10-9-16(3,4)18(11(2)15(19)20-5)14-8-12(17)6-7-13(10)14/h6-8,10-11H,9H2,1-5H3/t10-,11-/m1/s1. The van der Waals surface area contributed by atoms with Gasteiger partial charge in [0.05, 0.1) is 7.11 Å². The molecule has 0 aromatic heterocycles. The second-order valence-corrected chi connectivity index (χ2v) is 6.19. The lowest BCUT2D eigenvalue weighted by molar-refractivity contribution is -0.142. The van der Waals surface area contributed by atoms with Crippen molar-refractivity contribution in [3.05, 3.63) is 29.6 Å². The van der Waals surface area contributed by atoms with Crippen molar-refractivity contribution in [2.75, 3.05) is 12.0 Å². The van der Waals surface area contributed by atoms with Gasteiger partial charge in [-0.2, -0.15) is 0 Å². The van der Waals surface area contributed by atoms with Crippen molar-refractivity contribution in [2.45, 2.75) is 51.6 Å². The van der Waals surface area contributed by atoms with E-state index in [-0.39, 0.29) is 17.3 Å². The van der Waals surface area contributed by atoms with Gasteiger partial charge in [0.2, 0.25) is 0 Å². The van der Waals surface area contributed by atoms with E-state index in [1.807, 2.05) is 11.0 Å². The van der Waals surface area contributed by atoms with Gasteiger partial charge < -0.3 is 9.64 Å². The predicted octanol–water partition coefficient (Wildman–Crippen LogP) is 3.48. The Labute approximate surface area is 119 Å². The number of anilines is 1. The fourth-order valence-electron chi connectivity index (χ4n) is 3.43. The molecule has 1 heterocycles. The van der Waals surface area contributed by atoms with E-state index in [0.29, 0.717) is 5.92 Å². The van der Waals surface area contributed by atoms with Gasteiger partial charge in [0, 0.05) is 11.2 Å². The zero-order valence-electron chi connectivity index (χ0n) is 12.7. The summed E-state index contributed by atoms with van der Waals surface area (Å²) in [5.41, 5.74) is 1.65. The number of benzene rings is 1. The van der Waals surface area contributed by atoms with Crippen LogP contribution in [-0.4, -0.2) is 24.7 Å². The van der Waals surface area contributed by atoms with Crippen molar-refractivity contribution in [1.29, 1.82) is 0 Å². The van der Waals surface area contributed by atoms with Gasteiger partial charge >= 0.3 is 5.97 Å². The SMILES string of the molecule is COC(=O)[C@@H](C)N1c2cc(F)ccc2[C@H](C)CC1(C)C. The lowest BCUT2D eigenvalue weighted by Crippen LogP contribution is -2.55. The van der Waals surface area contributed by atoms with E-state index in [1.165, 1.54) is 19.2 Å². The molecule has 2 rings (SSSR count). The van der Waals surface area contributed by atoms with Crippen LogP contribution in [0.5, 0.6) is 0 Å². The van der Waals surface area contributed by atoms with Crippen molar-refractivity contribution in [2.24, 2.45) is 0 Å². The van der Waals surface area contributed by atoms with E-state index in [9.17, 15) is 9.18 Å². The highest BCUT2D eigenvalue weighted by molar-refractivity contribution is 5.81. The summed E-state index contributed by atoms with van der Waals surface area (Å²) in [4.78, 5) is 13.9. The van der Waals surface area contributed by atoms with E-state index in [1.54, 1.807) is 6.92 Å². The Kier molecular flexibility index (Phi) is 3.76. The molecule has 4 heteroatoms. The van der Waals surface area contributed by atoms with E-state index in [0.717, 1.165) is 17.7 Å². The molecular formula is C16H22FNO2. The summed E-state index contributed by atoms with van der Waals surface area (Å²) in [6.07, 6.45) is 0.910. The Morgan fingerprint density at radius 3 is 2.75 bits per heavy atom. The predicted molar refractivity (Wildman–Crippen MR) is 77.5 cm³/mol. The fraction of sp³-hybridized carbons (Fsp3) is 0.562. The molecule has 0 bridgehead atoms. The Morgan fingerprint density at radius 1 is 1.50 bits per heavy atom. The summed E-state index contributed by atoms with van der Waals surface area (Å²) >= 11 is 0.